The first-order valence-electron chi connectivity index (χ1n) is 6.70. The zero-order valence-electron chi connectivity index (χ0n) is 12.7. The van der Waals surface area contributed by atoms with E-state index in [1.807, 2.05) is 0 Å². The summed E-state index contributed by atoms with van der Waals surface area (Å²) >= 11 is 0. The lowest BCUT2D eigenvalue weighted by Gasteiger charge is -2.18. The van der Waals surface area contributed by atoms with Crippen LogP contribution in [0.4, 0.5) is 4.39 Å². The Morgan fingerprint density at radius 1 is 1.14 bits per heavy atom. The summed E-state index contributed by atoms with van der Waals surface area (Å²) in [5, 5.41) is 0. The van der Waals surface area contributed by atoms with Crippen molar-refractivity contribution in [1.29, 1.82) is 0 Å². The molecule has 0 radical (unpaired) electrons. The molecule has 0 spiro atoms. The number of sulfonamides is 1. The number of hydrogen-bond donors (Lipinski definition) is 0. The van der Waals surface area contributed by atoms with E-state index in [1.165, 1.54) is 36.5 Å². The molecule has 0 N–H and O–H groups in total. The van der Waals surface area contributed by atoms with Gasteiger partial charge in [-0.2, -0.15) is 4.31 Å². The second-order valence-electron chi connectivity index (χ2n) is 5.02. The topological polar surface area (TPSA) is 46.6 Å². The van der Waals surface area contributed by atoms with Crippen LogP contribution in [0.2, 0.25) is 0 Å². The molecule has 0 saturated carbocycles. The highest BCUT2D eigenvalue weighted by atomic mass is 32.2. The minimum absolute atomic E-state index is 0.0856. The maximum atomic E-state index is 13.3. The molecule has 2 aromatic rings. The van der Waals surface area contributed by atoms with Crippen LogP contribution in [0.5, 0.6) is 5.75 Å². The molecule has 0 amide bonds. The molecule has 6 heteroatoms. The van der Waals surface area contributed by atoms with Gasteiger partial charge in [0, 0.05) is 13.6 Å². The van der Waals surface area contributed by atoms with Gasteiger partial charge in [0.05, 0.1) is 12.0 Å². The molecule has 0 saturated heterocycles. The maximum Gasteiger partial charge on any atom is 0.243 e. The second-order valence-corrected chi connectivity index (χ2v) is 7.07. The third-order valence-corrected chi connectivity index (χ3v) is 5.20. The summed E-state index contributed by atoms with van der Waals surface area (Å²) < 4.78 is 44.6. The lowest BCUT2D eigenvalue weighted by Crippen LogP contribution is -2.26. The summed E-state index contributed by atoms with van der Waals surface area (Å²) in [5.74, 6) is 0.292. The van der Waals surface area contributed by atoms with E-state index in [0.717, 1.165) is 5.56 Å². The molecule has 2 aromatic carbocycles. The first kappa shape index (κ1) is 16.5. The predicted octanol–water partition coefficient (Wildman–Crippen LogP) is 2.96. The van der Waals surface area contributed by atoms with Crippen molar-refractivity contribution in [2.45, 2.75) is 18.4 Å². The van der Waals surface area contributed by atoms with Gasteiger partial charge in [-0.15, -0.1) is 0 Å². The first-order chi connectivity index (χ1) is 10.3. The Hall–Kier alpha value is -1.92. The molecule has 0 aromatic heterocycles. The molecule has 22 heavy (non-hydrogen) atoms. The molecule has 0 bridgehead atoms. The van der Waals surface area contributed by atoms with E-state index in [2.05, 4.69) is 0 Å². The van der Waals surface area contributed by atoms with Gasteiger partial charge in [0.25, 0.3) is 0 Å². The molecular weight excluding hydrogens is 305 g/mol. The van der Waals surface area contributed by atoms with Crippen molar-refractivity contribution in [3.8, 4) is 5.75 Å². The van der Waals surface area contributed by atoms with Crippen LogP contribution in [0.25, 0.3) is 0 Å². The van der Waals surface area contributed by atoms with Crippen LogP contribution in [-0.4, -0.2) is 26.9 Å². The number of ether oxygens (including phenoxy) is 1. The van der Waals surface area contributed by atoms with Crippen LogP contribution in [0.3, 0.4) is 0 Å². The Bertz CT molecular complexity index is 757. The van der Waals surface area contributed by atoms with Crippen LogP contribution in [0.15, 0.2) is 47.4 Å². The largest absolute Gasteiger partial charge is 0.497 e. The summed E-state index contributed by atoms with van der Waals surface area (Å²) in [6.45, 7) is 1.76. The Balaban J connectivity index is 2.22. The van der Waals surface area contributed by atoms with Crippen molar-refractivity contribution in [2.75, 3.05) is 14.2 Å². The molecule has 0 aliphatic carbocycles. The number of methoxy groups -OCH3 is 1. The number of rotatable bonds is 5. The monoisotopic (exact) mass is 323 g/mol. The fourth-order valence-electron chi connectivity index (χ4n) is 2.03. The van der Waals surface area contributed by atoms with Gasteiger partial charge in [-0.1, -0.05) is 12.1 Å². The summed E-state index contributed by atoms with van der Waals surface area (Å²) in [4.78, 5) is 0.0856. The van der Waals surface area contributed by atoms with Crippen molar-refractivity contribution in [3.05, 3.63) is 59.4 Å². The van der Waals surface area contributed by atoms with E-state index in [4.69, 9.17) is 4.74 Å². The van der Waals surface area contributed by atoms with Crippen LogP contribution in [0.1, 0.15) is 11.1 Å². The third kappa shape index (κ3) is 3.45. The zero-order valence-corrected chi connectivity index (χ0v) is 13.5. The van der Waals surface area contributed by atoms with Gasteiger partial charge in [-0.05, 0) is 48.4 Å². The average molecular weight is 323 g/mol. The lowest BCUT2D eigenvalue weighted by molar-refractivity contribution is 0.414. The van der Waals surface area contributed by atoms with Gasteiger partial charge < -0.3 is 4.74 Å². The molecule has 118 valence electrons. The van der Waals surface area contributed by atoms with Crippen LogP contribution in [-0.2, 0) is 16.6 Å². The average Bonchev–Trinajstić information content (AvgIpc) is 2.50. The van der Waals surface area contributed by atoms with Gasteiger partial charge in [0.2, 0.25) is 10.0 Å². The summed E-state index contributed by atoms with van der Waals surface area (Å²) in [6, 6.07) is 11.0. The Labute approximate surface area is 130 Å². The van der Waals surface area contributed by atoms with E-state index in [-0.39, 0.29) is 11.4 Å². The van der Waals surface area contributed by atoms with Crippen LogP contribution in [0, 0.1) is 12.7 Å². The molecule has 0 unspecified atom stereocenters. The number of nitrogens with zero attached hydrogens (tertiary/aromatic N) is 1. The van der Waals surface area contributed by atoms with E-state index >= 15 is 0 Å². The third-order valence-electron chi connectivity index (χ3n) is 3.40. The smallest absolute Gasteiger partial charge is 0.243 e. The number of halogens is 1. The van der Waals surface area contributed by atoms with E-state index in [1.54, 1.807) is 31.4 Å². The SMILES string of the molecule is COc1ccc(CN(C)S(=O)(=O)c2ccc(F)c(C)c2)cc1. The molecule has 0 aliphatic heterocycles. The highest BCUT2D eigenvalue weighted by molar-refractivity contribution is 7.89. The number of hydrogen-bond acceptors (Lipinski definition) is 3. The maximum absolute atomic E-state index is 13.3. The van der Waals surface area contributed by atoms with Crippen LogP contribution >= 0.6 is 0 Å². The molecular formula is C16H18FNO3S. The first-order valence-corrected chi connectivity index (χ1v) is 8.14. The molecule has 0 aliphatic rings. The van der Waals surface area contributed by atoms with Gasteiger partial charge >= 0.3 is 0 Å². The van der Waals surface area contributed by atoms with E-state index in [9.17, 15) is 12.8 Å². The Morgan fingerprint density at radius 3 is 2.32 bits per heavy atom. The Morgan fingerprint density at radius 2 is 1.77 bits per heavy atom. The minimum Gasteiger partial charge on any atom is -0.497 e. The zero-order chi connectivity index (χ0) is 16.3. The van der Waals surface area contributed by atoms with E-state index < -0.39 is 15.8 Å². The number of aryl methyl sites for hydroxylation is 1. The highest BCUT2D eigenvalue weighted by Crippen LogP contribution is 2.20. The van der Waals surface area contributed by atoms with Gasteiger partial charge in [0.1, 0.15) is 11.6 Å². The summed E-state index contributed by atoms with van der Waals surface area (Å²) in [7, 11) is -0.587. The summed E-state index contributed by atoms with van der Waals surface area (Å²) in [5.41, 5.74) is 1.14. The standard InChI is InChI=1S/C16H18FNO3S/c1-12-10-15(8-9-16(12)17)22(19,20)18(2)11-13-4-6-14(21-3)7-5-13/h4-10H,11H2,1-3H3. The molecule has 0 heterocycles. The molecule has 0 fully saturated rings. The van der Waals surface area contributed by atoms with Crippen molar-refractivity contribution in [1.82, 2.24) is 4.31 Å². The predicted molar refractivity (Wildman–Crippen MR) is 82.8 cm³/mol. The van der Waals surface area contributed by atoms with Crippen molar-refractivity contribution >= 4 is 10.0 Å². The van der Waals surface area contributed by atoms with Gasteiger partial charge in [0.15, 0.2) is 0 Å². The Kier molecular flexibility index (Phi) is 4.83. The van der Waals surface area contributed by atoms with E-state index in [0.29, 0.717) is 11.3 Å². The van der Waals surface area contributed by atoms with Crippen molar-refractivity contribution in [3.63, 3.8) is 0 Å². The van der Waals surface area contributed by atoms with Crippen LogP contribution < -0.4 is 4.74 Å². The lowest BCUT2D eigenvalue weighted by atomic mass is 10.2. The van der Waals surface area contributed by atoms with Crippen molar-refractivity contribution < 1.29 is 17.5 Å². The van der Waals surface area contributed by atoms with Gasteiger partial charge in [-0.25, -0.2) is 12.8 Å². The molecule has 0 atom stereocenters. The van der Waals surface area contributed by atoms with Gasteiger partial charge in [-0.3, -0.25) is 0 Å². The molecule has 2 rings (SSSR count). The second kappa shape index (κ2) is 6.46. The molecule has 4 nitrogen and oxygen atoms in total. The number of benzene rings is 2. The quantitative estimate of drug-likeness (QED) is 0.850. The minimum atomic E-state index is -3.66. The fourth-order valence-corrected chi connectivity index (χ4v) is 3.28. The summed E-state index contributed by atoms with van der Waals surface area (Å²) in [6.07, 6.45) is 0. The van der Waals surface area contributed by atoms with Crippen molar-refractivity contribution in [2.24, 2.45) is 0 Å². The normalized spacial score (nSPS) is 11.7. The fraction of sp³-hybridized carbons (Fsp3) is 0.250. The highest BCUT2D eigenvalue weighted by Gasteiger charge is 2.21.